The highest BCUT2D eigenvalue weighted by atomic mass is 35.5. The van der Waals surface area contributed by atoms with Crippen molar-refractivity contribution in [1.29, 1.82) is 0 Å². The number of nitrogens with one attached hydrogen (secondary N) is 3. The van der Waals surface area contributed by atoms with Gasteiger partial charge in [-0.3, -0.25) is 25.2 Å². The van der Waals surface area contributed by atoms with Gasteiger partial charge >= 0.3 is 0 Å². The molecule has 0 spiro atoms. The highest BCUT2D eigenvalue weighted by Crippen LogP contribution is 2.32. The molecular formula is C20H22ClN3O3S. The van der Waals surface area contributed by atoms with Gasteiger partial charge in [0.2, 0.25) is 5.91 Å². The van der Waals surface area contributed by atoms with Crippen LogP contribution in [0.3, 0.4) is 0 Å². The lowest BCUT2D eigenvalue weighted by Crippen LogP contribution is -2.42. The van der Waals surface area contributed by atoms with Crippen molar-refractivity contribution in [2.45, 2.75) is 32.6 Å². The Morgan fingerprint density at radius 3 is 2.64 bits per heavy atom. The van der Waals surface area contributed by atoms with E-state index >= 15 is 0 Å². The molecule has 28 heavy (non-hydrogen) atoms. The molecule has 1 aliphatic carbocycles. The summed E-state index contributed by atoms with van der Waals surface area (Å²) in [5.41, 5.74) is 6.54. The molecule has 1 heterocycles. The summed E-state index contributed by atoms with van der Waals surface area (Å²) in [7, 11) is 0. The summed E-state index contributed by atoms with van der Waals surface area (Å²) in [6, 6.07) is 8.39. The van der Waals surface area contributed by atoms with Crippen LogP contribution in [0.15, 0.2) is 30.3 Å². The lowest BCUT2D eigenvalue weighted by atomic mass is 9.90. The molecule has 0 aliphatic heterocycles. The molecule has 8 heteroatoms. The van der Waals surface area contributed by atoms with Gasteiger partial charge in [0.05, 0.1) is 4.88 Å². The molecule has 1 atom stereocenters. The lowest BCUT2D eigenvalue weighted by Gasteiger charge is -2.16. The van der Waals surface area contributed by atoms with Crippen molar-refractivity contribution in [2.75, 3.05) is 6.54 Å². The third-order valence-corrected chi connectivity index (χ3v) is 6.10. The summed E-state index contributed by atoms with van der Waals surface area (Å²) in [4.78, 5) is 38.0. The largest absolute Gasteiger partial charge is 0.352 e. The minimum atomic E-state index is -0.375. The summed E-state index contributed by atoms with van der Waals surface area (Å²) in [6.07, 6.45) is 3.21. The van der Waals surface area contributed by atoms with Crippen molar-refractivity contribution in [3.63, 3.8) is 0 Å². The Hall–Kier alpha value is -2.38. The Kier molecular flexibility index (Phi) is 6.70. The van der Waals surface area contributed by atoms with E-state index in [0.29, 0.717) is 21.4 Å². The zero-order valence-electron chi connectivity index (χ0n) is 15.5. The number of benzene rings is 1. The van der Waals surface area contributed by atoms with E-state index in [9.17, 15) is 14.4 Å². The molecule has 0 saturated heterocycles. The SMILES string of the molecule is C[C@H]1CCc2sc(C(=O)NNC(=O)CCNC(=O)c3ccc(Cl)cc3)cc2C1. The van der Waals surface area contributed by atoms with E-state index in [1.165, 1.54) is 21.8 Å². The van der Waals surface area contributed by atoms with Gasteiger partial charge in [-0.2, -0.15) is 0 Å². The number of hydrogen-bond acceptors (Lipinski definition) is 4. The second kappa shape index (κ2) is 9.21. The lowest BCUT2D eigenvalue weighted by molar-refractivity contribution is -0.121. The summed E-state index contributed by atoms with van der Waals surface area (Å²) in [6.45, 7) is 2.38. The number of hydrogen-bond donors (Lipinski definition) is 3. The minimum absolute atomic E-state index is 0.0536. The van der Waals surface area contributed by atoms with Crippen molar-refractivity contribution in [3.05, 3.63) is 56.2 Å². The van der Waals surface area contributed by atoms with Gasteiger partial charge in [-0.25, -0.2) is 0 Å². The van der Waals surface area contributed by atoms with E-state index in [0.717, 1.165) is 19.3 Å². The molecule has 0 saturated carbocycles. The van der Waals surface area contributed by atoms with Gasteiger partial charge in [0.15, 0.2) is 0 Å². The van der Waals surface area contributed by atoms with Crippen molar-refractivity contribution in [3.8, 4) is 0 Å². The van der Waals surface area contributed by atoms with Crippen LogP contribution < -0.4 is 16.2 Å². The number of fused-ring (bicyclic) bond motifs is 1. The Morgan fingerprint density at radius 1 is 1.14 bits per heavy atom. The van der Waals surface area contributed by atoms with Gasteiger partial charge in [0, 0.05) is 28.4 Å². The standard InChI is InChI=1S/C20H22ClN3O3S/c1-12-2-7-16-14(10-12)11-17(28-16)20(27)24-23-18(25)8-9-22-19(26)13-3-5-15(21)6-4-13/h3-6,11-12H,2,7-10H2,1H3,(H,22,26)(H,23,25)(H,24,27)/t12-/m0/s1. The first kappa shape index (κ1) is 20.4. The normalized spacial score (nSPS) is 15.4. The Labute approximate surface area is 172 Å². The van der Waals surface area contributed by atoms with Crippen LogP contribution in [0.5, 0.6) is 0 Å². The number of aryl methyl sites for hydroxylation is 1. The van der Waals surface area contributed by atoms with Crippen LogP contribution in [0.1, 0.15) is 50.2 Å². The number of thiophene rings is 1. The average molecular weight is 420 g/mol. The van der Waals surface area contributed by atoms with Crippen molar-refractivity contribution >= 4 is 40.7 Å². The first-order chi connectivity index (χ1) is 13.4. The summed E-state index contributed by atoms with van der Waals surface area (Å²) < 4.78 is 0. The van der Waals surface area contributed by atoms with E-state index < -0.39 is 0 Å². The quantitative estimate of drug-likeness (QED) is 0.651. The number of hydrazine groups is 1. The van der Waals surface area contributed by atoms with Crippen LogP contribution in [0.4, 0.5) is 0 Å². The van der Waals surface area contributed by atoms with Crippen molar-refractivity contribution in [2.24, 2.45) is 5.92 Å². The van der Waals surface area contributed by atoms with Crippen LogP contribution >= 0.6 is 22.9 Å². The van der Waals surface area contributed by atoms with Gasteiger partial charge in [0.25, 0.3) is 11.8 Å². The van der Waals surface area contributed by atoms with Crippen LogP contribution in [0.25, 0.3) is 0 Å². The summed E-state index contributed by atoms with van der Waals surface area (Å²) >= 11 is 7.27. The highest BCUT2D eigenvalue weighted by Gasteiger charge is 2.20. The Balaban J connectivity index is 1.40. The third-order valence-electron chi connectivity index (χ3n) is 4.61. The van der Waals surface area contributed by atoms with E-state index in [2.05, 4.69) is 23.1 Å². The highest BCUT2D eigenvalue weighted by molar-refractivity contribution is 7.14. The minimum Gasteiger partial charge on any atom is -0.352 e. The maximum atomic E-state index is 12.2. The number of carbonyl (C=O) groups excluding carboxylic acids is 3. The molecule has 3 rings (SSSR count). The predicted octanol–water partition coefficient (Wildman–Crippen LogP) is 3.11. The van der Waals surface area contributed by atoms with Crippen molar-refractivity contribution < 1.29 is 14.4 Å². The topological polar surface area (TPSA) is 87.3 Å². The third kappa shape index (κ3) is 5.33. The number of halogens is 1. The molecule has 1 aliphatic rings. The zero-order valence-corrected chi connectivity index (χ0v) is 17.1. The second-order valence-corrected chi connectivity index (χ2v) is 8.50. The Bertz CT molecular complexity index is 879. The maximum Gasteiger partial charge on any atom is 0.279 e. The fourth-order valence-corrected chi connectivity index (χ4v) is 4.29. The molecule has 0 bridgehead atoms. The number of amides is 3. The molecule has 2 aromatic rings. The van der Waals surface area contributed by atoms with E-state index in [1.54, 1.807) is 24.3 Å². The Morgan fingerprint density at radius 2 is 1.89 bits per heavy atom. The molecule has 3 amide bonds. The molecule has 0 unspecified atom stereocenters. The van der Waals surface area contributed by atoms with Crippen LogP contribution in [-0.4, -0.2) is 24.3 Å². The van der Waals surface area contributed by atoms with Crippen LogP contribution in [0, 0.1) is 5.92 Å². The fraction of sp³-hybridized carbons (Fsp3) is 0.350. The maximum absolute atomic E-state index is 12.2. The first-order valence-corrected chi connectivity index (χ1v) is 10.4. The number of carbonyl (C=O) groups is 3. The molecule has 1 aromatic carbocycles. The van der Waals surface area contributed by atoms with Crippen molar-refractivity contribution in [1.82, 2.24) is 16.2 Å². The second-order valence-electron chi connectivity index (χ2n) is 6.92. The molecule has 1 aromatic heterocycles. The van der Waals surface area contributed by atoms with Crippen LogP contribution in [0.2, 0.25) is 5.02 Å². The molecule has 0 fully saturated rings. The smallest absolute Gasteiger partial charge is 0.279 e. The van der Waals surface area contributed by atoms with Gasteiger partial charge in [-0.1, -0.05) is 18.5 Å². The molecule has 148 valence electrons. The summed E-state index contributed by atoms with van der Waals surface area (Å²) in [5.74, 6) is -0.335. The van der Waals surface area contributed by atoms with Gasteiger partial charge in [-0.15, -0.1) is 11.3 Å². The first-order valence-electron chi connectivity index (χ1n) is 9.17. The fourth-order valence-electron chi connectivity index (χ4n) is 3.06. The van der Waals surface area contributed by atoms with Gasteiger partial charge in [-0.05, 0) is 61.1 Å². The molecule has 3 N–H and O–H groups in total. The van der Waals surface area contributed by atoms with E-state index in [4.69, 9.17) is 11.6 Å². The molecule has 6 nitrogen and oxygen atoms in total. The van der Waals surface area contributed by atoms with Crippen LogP contribution in [-0.2, 0) is 17.6 Å². The predicted molar refractivity (Wildman–Crippen MR) is 110 cm³/mol. The average Bonchev–Trinajstić information content (AvgIpc) is 3.09. The number of rotatable bonds is 5. The monoisotopic (exact) mass is 419 g/mol. The molecular weight excluding hydrogens is 398 g/mol. The van der Waals surface area contributed by atoms with E-state index in [1.807, 2.05) is 6.07 Å². The zero-order chi connectivity index (χ0) is 20.1. The summed E-state index contributed by atoms with van der Waals surface area (Å²) in [5, 5.41) is 3.20. The van der Waals surface area contributed by atoms with Gasteiger partial charge in [0.1, 0.15) is 0 Å². The molecule has 0 radical (unpaired) electrons. The van der Waals surface area contributed by atoms with Gasteiger partial charge < -0.3 is 5.32 Å². The van der Waals surface area contributed by atoms with E-state index in [-0.39, 0.29) is 30.7 Å².